The van der Waals surface area contributed by atoms with E-state index in [4.69, 9.17) is 4.42 Å². The fourth-order valence-electron chi connectivity index (χ4n) is 3.66. The average molecular weight is 489 g/mol. The van der Waals surface area contributed by atoms with Gasteiger partial charge in [-0.05, 0) is 24.1 Å². The molecule has 4 aromatic rings. The molecule has 4 rings (SSSR count). The van der Waals surface area contributed by atoms with Crippen LogP contribution in [0, 0.1) is 0 Å². The van der Waals surface area contributed by atoms with E-state index in [0.29, 0.717) is 23.4 Å². The Morgan fingerprint density at radius 3 is 2.36 bits per heavy atom. The molecule has 0 saturated heterocycles. The van der Waals surface area contributed by atoms with Gasteiger partial charge in [0.2, 0.25) is 0 Å². The Labute approximate surface area is 205 Å². The van der Waals surface area contributed by atoms with E-state index in [1.807, 2.05) is 37.3 Å². The van der Waals surface area contributed by atoms with Gasteiger partial charge in [-0.3, -0.25) is 14.4 Å². The van der Waals surface area contributed by atoms with E-state index in [0.717, 1.165) is 12.0 Å². The summed E-state index contributed by atoms with van der Waals surface area (Å²) in [5.41, 5.74) is 0.431. The minimum absolute atomic E-state index is 0.0151. The van der Waals surface area contributed by atoms with Gasteiger partial charge < -0.3 is 25.5 Å². The van der Waals surface area contributed by atoms with E-state index >= 15 is 0 Å². The highest BCUT2D eigenvalue weighted by atomic mass is 16.4. The summed E-state index contributed by atoms with van der Waals surface area (Å²) in [6, 6.07) is 14.5. The fraction of sp³-hybridized carbons (Fsp3) is 0.192. The standard InChI is InChI=1S/C26H24N4O6/c1-2-12-27-19-20(22(32)21(19)31)29-18(26(34)35)13-15-8-10-17(11-9-15)25(33)30-24-23(36-14-28-24)16-6-4-3-5-7-16/h3-11,14,18,27,29H,2,12-13H2,1H3,(H,30,33)(H,34,35)/t18-/m0/s1. The number of carbonyl (C=O) groups excluding carboxylic acids is 1. The number of anilines is 3. The van der Waals surface area contributed by atoms with Crippen LogP contribution >= 0.6 is 0 Å². The number of benzene rings is 2. The number of carboxylic acid groups (broad SMARTS) is 1. The molecule has 0 aliphatic carbocycles. The zero-order chi connectivity index (χ0) is 25.7. The number of oxazole rings is 1. The maximum Gasteiger partial charge on any atom is 0.326 e. The first-order chi connectivity index (χ1) is 17.4. The van der Waals surface area contributed by atoms with E-state index in [2.05, 4.69) is 20.9 Å². The molecule has 0 radical (unpaired) electrons. The zero-order valence-electron chi connectivity index (χ0n) is 19.4. The normalized spacial score (nSPS) is 11.7. The number of carboxylic acids is 1. The largest absolute Gasteiger partial charge is 0.480 e. The van der Waals surface area contributed by atoms with Crippen LogP contribution in [0.2, 0.25) is 0 Å². The molecule has 0 bridgehead atoms. The molecular weight excluding hydrogens is 464 g/mol. The van der Waals surface area contributed by atoms with Crippen LogP contribution in [0.25, 0.3) is 11.3 Å². The van der Waals surface area contributed by atoms with Gasteiger partial charge in [0, 0.05) is 24.1 Å². The Kier molecular flexibility index (Phi) is 7.24. The highest BCUT2D eigenvalue weighted by Gasteiger charge is 2.26. The van der Waals surface area contributed by atoms with Crippen molar-refractivity contribution in [3.63, 3.8) is 0 Å². The summed E-state index contributed by atoms with van der Waals surface area (Å²) >= 11 is 0. The van der Waals surface area contributed by atoms with Gasteiger partial charge in [0.1, 0.15) is 17.4 Å². The second kappa shape index (κ2) is 10.7. The Hall–Kier alpha value is -4.73. The summed E-state index contributed by atoms with van der Waals surface area (Å²) in [7, 11) is 0. The van der Waals surface area contributed by atoms with Crippen LogP contribution in [-0.2, 0) is 11.2 Å². The van der Waals surface area contributed by atoms with E-state index in [9.17, 15) is 24.3 Å². The van der Waals surface area contributed by atoms with Crippen molar-refractivity contribution in [3.8, 4) is 11.3 Å². The highest BCUT2D eigenvalue weighted by Crippen LogP contribution is 2.27. The highest BCUT2D eigenvalue weighted by molar-refractivity contribution is 6.05. The van der Waals surface area contributed by atoms with Crippen LogP contribution in [0.4, 0.5) is 17.2 Å². The third kappa shape index (κ3) is 5.17. The van der Waals surface area contributed by atoms with Crippen molar-refractivity contribution in [1.29, 1.82) is 0 Å². The maximum absolute atomic E-state index is 12.7. The smallest absolute Gasteiger partial charge is 0.326 e. The lowest BCUT2D eigenvalue weighted by atomic mass is 10.0. The van der Waals surface area contributed by atoms with Crippen molar-refractivity contribution in [1.82, 2.24) is 4.98 Å². The first kappa shape index (κ1) is 24.4. The van der Waals surface area contributed by atoms with Crippen LogP contribution in [0.3, 0.4) is 0 Å². The topological polar surface area (TPSA) is 151 Å². The summed E-state index contributed by atoms with van der Waals surface area (Å²) in [5.74, 6) is -0.866. The lowest BCUT2D eigenvalue weighted by molar-refractivity contribution is -0.137. The molecule has 1 amide bonds. The van der Waals surface area contributed by atoms with Crippen molar-refractivity contribution in [2.24, 2.45) is 0 Å². The lowest BCUT2D eigenvalue weighted by Crippen LogP contribution is -2.42. The van der Waals surface area contributed by atoms with E-state index < -0.39 is 28.8 Å². The molecule has 1 atom stereocenters. The van der Waals surface area contributed by atoms with Gasteiger partial charge >= 0.3 is 5.97 Å². The molecule has 10 nitrogen and oxygen atoms in total. The molecule has 0 aliphatic rings. The Morgan fingerprint density at radius 1 is 1.00 bits per heavy atom. The van der Waals surface area contributed by atoms with Crippen molar-refractivity contribution in [2.45, 2.75) is 25.8 Å². The number of aromatic nitrogens is 1. The molecule has 184 valence electrons. The number of nitrogens with one attached hydrogen (secondary N) is 3. The number of hydrogen-bond acceptors (Lipinski definition) is 8. The molecule has 36 heavy (non-hydrogen) atoms. The minimum Gasteiger partial charge on any atom is -0.480 e. The van der Waals surface area contributed by atoms with E-state index in [1.165, 1.54) is 6.39 Å². The second-order valence-electron chi connectivity index (χ2n) is 8.12. The quantitative estimate of drug-likeness (QED) is 0.233. The van der Waals surface area contributed by atoms with E-state index in [1.54, 1.807) is 24.3 Å². The number of rotatable bonds is 11. The number of amides is 1. The summed E-state index contributed by atoms with van der Waals surface area (Å²) in [6.07, 6.45) is 2.02. The first-order valence-corrected chi connectivity index (χ1v) is 11.3. The summed E-state index contributed by atoms with van der Waals surface area (Å²) in [4.78, 5) is 52.4. The predicted octanol–water partition coefficient (Wildman–Crippen LogP) is 3.12. The number of nitrogens with zero attached hydrogens (tertiary/aromatic N) is 1. The van der Waals surface area contributed by atoms with Gasteiger partial charge in [0.15, 0.2) is 18.0 Å². The van der Waals surface area contributed by atoms with Crippen molar-refractivity contribution in [3.05, 3.63) is 92.6 Å². The van der Waals surface area contributed by atoms with Gasteiger partial charge in [-0.15, -0.1) is 0 Å². The molecule has 0 saturated carbocycles. The minimum atomic E-state index is -1.18. The van der Waals surface area contributed by atoms with Crippen LogP contribution in [0.1, 0.15) is 29.3 Å². The third-order valence-corrected chi connectivity index (χ3v) is 5.57. The number of aliphatic carboxylic acids is 1. The Bertz CT molecular complexity index is 1440. The van der Waals surface area contributed by atoms with Crippen molar-refractivity contribution in [2.75, 3.05) is 22.5 Å². The predicted molar refractivity (Wildman–Crippen MR) is 135 cm³/mol. The second-order valence-corrected chi connectivity index (χ2v) is 8.12. The summed E-state index contributed by atoms with van der Waals surface area (Å²) in [6.45, 7) is 2.39. The molecule has 0 spiro atoms. The van der Waals surface area contributed by atoms with Crippen molar-refractivity contribution < 1.29 is 19.1 Å². The van der Waals surface area contributed by atoms with Crippen LogP contribution in [0.5, 0.6) is 0 Å². The van der Waals surface area contributed by atoms with Gasteiger partial charge in [-0.1, -0.05) is 49.4 Å². The molecule has 1 heterocycles. The zero-order valence-corrected chi connectivity index (χ0v) is 19.4. The maximum atomic E-state index is 12.7. The molecule has 4 N–H and O–H groups in total. The molecule has 1 aromatic heterocycles. The Morgan fingerprint density at radius 2 is 1.69 bits per heavy atom. The molecule has 3 aromatic carbocycles. The van der Waals surface area contributed by atoms with Gasteiger partial charge in [-0.25, -0.2) is 4.79 Å². The van der Waals surface area contributed by atoms with Gasteiger partial charge in [0.25, 0.3) is 16.8 Å². The van der Waals surface area contributed by atoms with Crippen LogP contribution < -0.4 is 26.8 Å². The van der Waals surface area contributed by atoms with E-state index in [-0.39, 0.29) is 23.6 Å². The fourth-order valence-corrected chi connectivity index (χ4v) is 3.66. The summed E-state index contributed by atoms with van der Waals surface area (Å²) < 4.78 is 5.42. The molecule has 10 heteroatoms. The average Bonchev–Trinajstić information content (AvgIpc) is 3.36. The number of hydrogen-bond donors (Lipinski definition) is 4. The molecule has 0 fully saturated rings. The first-order valence-electron chi connectivity index (χ1n) is 11.3. The monoisotopic (exact) mass is 488 g/mol. The van der Waals surface area contributed by atoms with Gasteiger partial charge in [0.05, 0.1) is 0 Å². The molecule has 0 unspecified atom stereocenters. The SMILES string of the molecule is CCCNc1c(N[C@@H](Cc2ccc(C(=O)Nc3ncoc3-c3ccccc3)cc2)C(=O)O)c(=O)c1=O. The van der Waals surface area contributed by atoms with Crippen LogP contribution in [-0.4, -0.2) is 34.6 Å². The lowest BCUT2D eigenvalue weighted by Gasteiger charge is -2.19. The number of carbonyl (C=O) groups is 2. The summed E-state index contributed by atoms with van der Waals surface area (Å²) in [5, 5.41) is 17.9. The van der Waals surface area contributed by atoms with Crippen molar-refractivity contribution >= 4 is 29.1 Å². The Balaban J connectivity index is 1.43. The van der Waals surface area contributed by atoms with Crippen LogP contribution in [0.15, 0.2) is 75.0 Å². The third-order valence-electron chi connectivity index (χ3n) is 5.57. The molecular formula is C26H24N4O6. The molecule has 0 aliphatic heterocycles. The van der Waals surface area contributed by atoms with Gasteiger partial charge in [-0.2, -0.15) is 4.98 Å².